The molecule has 0 amide bonds. The van der Waals surface area contributed by atoms with E-state index in [2.05, 4.69) is 190 Å². The number of rotatable bonds is 4. The molecule has 4 heterocycles. The molecule has 0 spiro atoms. The molecule has 0 N–H and O–H groups in total. The maximum Gasteiger partial charge on any atom is 0.248 e. The third kappa shape index (κ3) is 4.34. The first-order valence-electron chi connectivity index (χ1n) is 16.4. The quantitative estimate of drug-likeness (QED) is 0.182. The van der Waals surface area contributed by atoms with Crippen LogP contribution in [-0.4, -0.2) is 13.7 Å². The molecule has 5 aromatic carbocycles. The zero-order valence-electron chi connectivity index (χ0n) is 26.9. The van der Waals surface area contributed by atoms with E-state index in [1.54, 1.807) is 0 Å². The van der Waals surface area contributed by atoms with Crippen LogP contribution in [0.4, 0.5) is 5.69 Å². The van der Waals surface area contributed by atoms with Crippen molar-refractivity contribution in [1.82, 2.24) is 13.7 Å². The Bertz CT molecular complexity index is 2530. The van der Waals surface area contributed by atoms with E-state index < -0.39 is 0 Å². The Labute approximate surface area is 274 Å². The highest BCUT2D eigenvalue weighted by molar-refractivity contribution is 6.24. The predicted molar refractivity (Wildman–Crippen MR) is 195 cm³/mol. The first kappa shape index (κ1) is 27.5. The van der Waals surface area contributed by atoms with E-state index in [0.29, 0.717) is 5.92 Å². The Balaban J connectivity index is 1.41. The topological polar surface area (TPSA) is 21.9 Å². The molecule has 47 heavy (non-hydrogen) atoms. The maximum absolute atomic E-state index is 2.46. The van der Waals surface area contributed by atoms with Gasteiger partial charge in [-0.3, -0.25) is 0 Å². The van der Waals surface area contributed by atoms with Crippen LogP contribution in [0.1, 0.15) is 20.3 Å². The minimum absolute atomic E-state index is 0.536. The lowest BCUT2D eigenvalue weighted by Crippen LogP contribution is -2.23. The Morgan fingerprint density at radius 1 is 0.638 bits per heavy atom. The van der Waals surface area contributed by atoms with Gasteiger partial charge in [-0.05, 0) is 79.9 Å². The second-order valence-electron chi connectivity index (χ2n) is 12.9. The SMILES string of the molecule is CC1=CN(c2ccc3c(c2)c2ccc4c5cc(-n6cc[n+](C)c6)ccc5n(-c5ccccc5)c4c2n3-c2ccccc2)C=CC[C@H]1C. The molecule has 0 bridgehead atoms. The molecule has 1 aliphatic heterocycles. The van der Waals surface area contributed by atoms with Crippen molar-refractivity contribution >= 4 is 49.3 Å². The molecule has 0 aliphatic carbocycles. The summed E-state index contributed by atoms with van der Waals surface area (Å²) in [6, 6.07) is 40.0. The molecular weight excluding hydrogens is 574 g/mol. The Morgan fingerprint density at radius 2 is 1.21 bits per heavy atom. The largest absolute Gasteiger partial charge is 0.324 e. The van der Waals surface area contributed by atoms with Crippen molar-refractivity contribution < 1.29 is 4.57 Å². The number of aryl methyl sites for hydroxylation is 1. The van der Waals surface area contributed by atoms with E-state index in [9.17, 15) is 0 Å². The lowest BCUT2D eigenvalue weighted by atomic mass is 10.0. The van der Waals surface area contributed by atoms with Crippen molar-refractivity contribution in [2.45, 2.75) is 20.3 Å². The summed E-state index contributed by atoms with van der Waals surface area (Å²) in [7, 11) is 2.06. The first-order chi connectivity index (χ1) is 23.0. The van der Waals surface area contributed by atoms with Crippen LogP contribution in [-0.2, 0) is 7.05 Å². The molecule has 0 saturated carbocycles. The zero-order chi connectivity index (χ0) is 31.6. The maximum atomic E-state index is 2.46. The second kappa shape index (κ2) is 10.6. The number of benzene rings is 5. The van der Waals surface area contributed by atoms with Crippen LogP contribution in [0, 0.1) is 5.92 Å². The van der Waals surface area contributed by atoms with E-state index in [0.717, 1.165) is 23.5 Å². The molecule has 1 aliphatic rings. The number of hydrogen-bond acceptors (Lipinski definition) is 1. The second-order valence-corrected chi connectivity index (χ2v) is 12.9. The van der Waals surface area contributed by atoms with Gasteiger partial charge in [-0.15, -0.1) is 0 Å². The summed E-state index contributed by atoms with van der Waals surface area (Å²) in [6.45, 7) is 4.54. The molecular formula is C42H36N5+. The van der Waals surface area contributed by atoms with E-state index in [1.165, 1.54) is 54.9 Å². The van der Waals surface area contributed by atoms with Crippen molar-refractivity contribution in [3.8, 4) is 17.1 Å². The van der Waals surface area contributed by atoms with Gasteiger partial charge in [0.2, 0.25) is 6.33 Å². The highest BCUT2D eigenvalue weighted by atomic mass is 15.1. The molecule has 5 heteroatoms. The minimum atomic E-state index is 0.536. The first-order valence-corrected chi connectivity index (χ1v) is 16.4. The average Bonchev–Trinajstić information content (AvgIpc) is 3.75. The molecule has 3 aromatic heterocycles. The van der Waals surface area contributed by atoms with E-state index >= 15 is 0 Å². The Kier molecular flexibility index (Phi) is 6.22. The fraction of sp³-hybridized carbons (Fsp3) is 0.119. The summed E-state index contributed by atoms with van der Waals surface area (Å²) in [5.74, 6) is 0.536. The molecule has 1 atom stereocenters. The summed E-state index contributed by atoms with van der Waals surface area (Å²) in [5, 5.41) is 4.95. The van der Waals surface area contributed by atoms with Crippen molar-refractivity contribution in [2.75, 3.05) is 4.90 Å². The molecule has 8 aromatic rings. The highest BCUT2D eigenvalue weighted by Crippen LogP contribution is 2.43. The number of imidazole rings is 1. The lowest BCUT2D eigenvalue weighted by Gasteiger charge is -2.17. The summed E-state index contributed by atoms with van der Waals surface area (Å²) >= 11 is 0. The summed E-state index contributed by atoms with van der Waals surface area (Å²) in [5.41, 5.74) is 10.8. The molecule has 5 nitrogen and oxygen atoms in total. The van der Waals surface area contributed by atoms with Crippen LogP contribution < -0.4 is 9.47 Å². The van der Waals surface area contributed by atoms with Gasteiger partial charge in [0.25, 0.3) is 0 Å². The smallest absolute Gasteiger partial charge is 0.248 e. The molecule has 0 unspecified atom stereocenters. The third-order valence-corrected chi connectivity index (χ3v) is 9.89. The van der Waals surface area contributed by atoms with Crippen molar-refractivity contribution in [3.63, 3.8) is 0 Å². The fourth-order valence-electron chi connectivity index (χ4n) is 7.31. The van der Waals surface area contributed by atoms with Crippen molar-refractivity contribution in [3.05, 3.63) is 152 Å². The third-order valence-electron chi connectivity index (χ3n) is 9.89. The molecule has 0 saturated heterocycles. The monoisotopic (exact) mass is 610 g/mol. The summed E-state index contributed by atoms with van der Waals surface area (Å²) < 4.78 is 9.17. The molecule has 0 fully saturated rings. The molecule has 0 radical (unpaired) electrons. The van der Waals surface area contributed by atoms with Crippen LogP contribution in [0.5, 0.6) is 0 Å². The summed E-state index contributed by atoms with van der Waals surface area (Å²) in [6.07, 6.45) is 14.2. The van der Waals surface area contributed by atoms with Crippen LogP contribution in [0.25, 0.3) is 60.7 Å². The van der Waals surface area contributed by atoms with Gasteiger partial charge in [-0.2, -0.15) is 0 Å². The van der Waals surface area contributed by atoms with Gasteiger partial charge in [-0.1, -0.05) is 67.1 Å². The number of hydrogen-bond donors (Lipinski definition) is 0. The highest BCUT2D eigenvalue weighted by Gasteiger charge is 2.23. The van der Waals surface area contributed by atoms with Gasteiger partial charge in [-0.25, -0.2) is 9.13 Å². The Morgan fingerprint density at radius 3 is 1.79 bits per heavy atom. The van der Waals surface area contributed by atoms with Gasteiger partial charge >= 0.3 is 0 Å². The van der Waals surface area contributed by atoms with E-state index in [-0.39, 0.29) is 0 Å². The van der Waals surface area contributed by atoms with Gasteiger partial charge in [0, 0.05) is 51.0 Å². The lowest BCUT2D eigenvalue weighted by molar-refractivity contribution is -0.670. The Hall–Kier alpha value is -5.81. The van der Waals surface area contributed by atoms with Crippen LogP contribution >= 0.6 is 0 Å². The number of allylic oxidation sites excluding steroid dienone is 2. The van der Waals surface area contributed by atoms with Crippen LogP contribution in [0.2, 0.25) is 0 Å². The number of anilines is 1. The molecule has 228 valence electrons. The molecule has 9 rings (SSSR count). The standard InChI is InChI=1S/C42H36N5/c1-29-11-10-22-44(27-30(29)2)33-16-20-39-37(25-33)35-18-19-36-38-26-34(45-24-23-43(3)28-45)17-21-40(38)47(32-14-8-5-9-15-32)42(36)41(35)46(39)31-12-6-4-7-13-31/h4-10,12-29H,11H2,1-3H3/q+1/t29-/m1/s1. The number of para-hydroxylation sites is 2. The number of fused-ring (bicyclic) bond motifs is 7. The van der Waals surface area contributed by atoms with Crippen LogP contribution in [0.3, 0.4) is 0 Å². The van der Waals surface area contributed by atoms with Crippen molar-refractivity contribution in [1.29, 1.82) is 0 Å². The van der Waals surface area contributed by atoms with Crippen molar-refractivity contribution in [2.24, 2.45) is 13.0 Å². The fourth-order valence-corrected chi connectivity index (χ4v) is 7.31. The predicted octanol–water partition coefficient (Wildman–Crippen LogP) is 9.76. The van der Waals surface area contributed by atoms with Gasteiger partial charge < -0.3 is 14.0 Å². The zero-order valence-corrected chi connectivity index (χ0v) is 26.9. The van der Waals surface area contributed by atoms with E-state index in [4.69, 9.17) is 0 Å². The van der Waals surface area contributed by atoms with Gasteiger partial charge in [0.15, 0.2) is 0 Å². The van der Waals surface area contributed by atoms with Gasteiger partial charge in [0.05, 0.1) is 29.1 Å². The number of aromatic nitrogens is 4. The van der Waals surface area contributed by atoms with Crippen LogP contribution in [0.15, 0.2) is 152 Å². The summed E-state index contributed by atoms with van der Waals surface area (Å²) in [4.78, 5) is 2.28. The van der Waals surface area contributed by atoms with E-state index in [1.807, 2.05) is 0 Å². The average molecular weight is 611 g/mol. The number of nitrogens with zero attached hydrogens (tertiary/aromatic N) is 5. The normalized spacial score (nSPS) is 15.3. The minimum Gasteiger partial charge on any atom is -0.324 e. The van der Waals surface area contributed by atoms with Gasteiger partial charge in [0.1, 0.15) is 18.1 Å².